The predicted octanol–water partition coefficient (Wildman–Crippen LogP) is 1.11. The summed E-state index contributed by atoms with van der Waals surface area (Å²) < 4.78 is 29.2. The number of hydrogen-bond acceptors (Lipinski definition) is 5. The van der Waals surface area contributed by atoms with Gasteiger partial charge in [-0.25, -0.2) is 8.42 Å². The van der Waals surface area contributed by atoms with E-state index in [1.807, 2.05) is 11.0 Å². The van der Waals surface area contributed by atoms with Gasteiger partial charge >= 0.3 is 0 Å². The van der Waals surface area contributed by atoms with Crippen molar-refractivity contribution < 1.29 is 13.2 Å². The fourth-order valence-electron chi connectivity index (χ4n) is 3.60. The Hall–Kier alpha value is -1.80. The summed E-state index contributed by atoms with van der Waals surface area (Å²) in [4.78, 5) is 8.77. The lowest BCUT2D eigenvalue weighted by Gasteiger charge is -2.39. The Bertz CT molecular complexity index is 786. The highest BCUT2D eigenvalue weighted by molar-refractivity contribution is 7.92. The van der Waals surface area contributed by atoms with Gasteiger partial charge in [0.15, 0.2) is 15.8 Å². The Balaban J connectivity index is 1.69. The van der Waals surface area contributed by atoms with Gasteiger partial charge in [-0.1, -0.05) is 18.2 Å². The van der Waals surface area contributed by atoms with E-state index in [1.54, 1.807) is 20.9 Å². The summed E-state index contributed by atoms with van der Waals surface area (Å²) in [5.41, 5.74) is 2.41. The van der Waals surface area contributed by atoms with Crippen molar-refractivity contribution in [3.05, 3.63) is 29.8 Å². The maximum atomic E-state index is 12.3. The molecule has 2 aliphatic heterocycles. The summed E-state index contributed by atoms with van der Waals surface area (Å²) in [7, 11) is -1.32. The Morgan fingerprint density at radius 3 is 2.59 bits per heavy atom. The van der Waals surface area contributed by atoms with Crippen molar-refractivity contribution >= 4 is 21.5 Å². The first-order chi connectivity index (χ1) is 12.8. The number of aliphatic imine (C=N–C) groups is 1. The number of guanidine groups is 1. The molecule has 0 aliphatic carbocycles. The van der Waals surface area contributed by atoms with Crippen LogP contribution in [0.3, 0.4) is 0 Å². The van der Waals surface area contributed by atoms with Crippen LogP contribution in [0.2, 0.25) is 0 Å². The van der Waals surface area contributed by atoms with Gasteiger partial charge in [-0.15, -0.1) is 0 Å². The maximum Gasteiger partial charge on any atom is 0.193 e. The molecule has 2 aliphatic rings. The lowest BCUT2D eigenvalue weighted by Crippen LogP contribution is -2.57. The average molecular weight is 395 g/mol. The van der Waals surface area contributed by atoms with E-state index in [0.29, 0.717) is 19.6 Å². The Morgan fingerprint density at radius 1 is 1.22 bits per heavy atom. The SMILES string of the molecule is CN=C(NCc1ccccc1N1CCOCC1)N1CCS(=O)(=O)C(C)(C)C1. The molecule has 2 saturated heterocycles. The minimum Gasteiger partial charge on any atom is -0.378 e. The van der Waals surface area contributed by atoms with Crippen LogP contribution in [0, 0.1) is 0 Å². The van der Waals surface area contributed by atoms with E-state index < -0.39 is 14.6 Å². The molecule has 8 heteroatoms. The number of nitrogens with zero attached hydrogens (tertiary/aromatic N) is 3. The number of rotatable bonds is 3. The number of morpholine rings is 1. The molecule has 27 heavy (non-hydrogen) atoms. The van der Waals surface area contributed by atoms with Gasteiger partial charge in [0.25, 0.3) is 0 Å². The van der Waals surface area contributed by atoms with Crippen LogP contribution in [0.15, 0.2) is 29.3 Å². The summed E-state index contributed by atoms with van der Waals surface area (Å²) >= 11 is 0. The van der Waals surface area contributed by atoms with Crippen molar-refractivity contribution in [3.63, 3.8) is 0 Å². The molecule has 7 nitrogen and oxygen atoms in total. The lowest BCUT2D eigenvalue weighted by molar-refractivity contribution is 0.122. The molecule has 3 rings (SSSR count). The highest BCUT2D eigenvalue weighted by atomic mass is 32.2. The fourth-order valence-corrected chi connectivity index (χ4v) is 4.97. The zero-order valence-corrected chi connectivity index (χ0v) is 17.3. The second-order valence-corrected chi connectivity index (χ2v) is 10.4. The molecule has 0 bridgehead atoms. The molecule has 0 spiro atoms. The van der Waals surface area contributed by atoms with Gasteiger partial charge in [-0.2, -0.15) is 0 Å². The second-order valence-electron chi connectivity index (χ2n) is 7.63. The molecule has 150 valence electrons. The molecule has 2 heterocycles. The third kappa shape index (κ3) is 4.38. The summed E-state index contributed by atoms with van der Waals surface area (Å²) in [5, 5.41) is 3.42. The molecule has 2 fully saturated rings. The minimum atomic E-state index is -3.07. The van der Waals surface area contributed by atoms with Gasteiger partial charge in [-0.05, 0) is 25.5 Å². The van der Waals surface area contributed by atoms with Gasteiger partial charge in [0.05, 0.1) is 23.7 Å². The molecule has 0 unspecified atom stereocenters. The Morgan fingerprint density at radius 2 is 1.93 bits per heavy atom. The molecular weight excluding hydrogens is 364 g/mol. The van der Waals surface area contributed by atoms with Crippen molar-refractivity contribution in [2.75, 3.05) is 57.1 Å². The third-order valence-corrected chi connectivity index (χ3v) is 7.87. The van der Waals surface area contributed by atoms with Gasteiger partial charge in [-0.3, -0.25) is 4.99 Å². The van der Waals surface area contributed by atoms with Crippen molar-refractivity contribution in [3.8, 4) is 0 Å². The van der Waals surface area contributed by atoms with E-state index in [1.165, 1.54) is 11.3 Å². The van der Waals surface area contributed by atoms with Gasteiger partial charge in [0.2, 0.25) is 0 Å². The first-order valence-electron chi connectivity index (χ1n) is 9.42. The monoisotopic (exact) mass is 394 g/mol. The summed E-state index contributed by atoms with van der Waals surface area (Å²) in [6, 6.07) is 8.36. The first kappa shape index (κ1) is 19.9. The number of benzene rings is 1. The molecule has 0 saturated carbocycles. The topological polar surface area (TPSA) is 74.2 Å². The third-order valence-electron chi connectivity index (χ3n) is 5.34. The molecule has 1 aromatic rings. The largest absolute Gasteiger partial charge is 0.378 e. The Labute approximate surface area is 162 Å². The molecule has 0 atom stereocenters. The van der Waals surface area contributed by atoms with Crippen molar-refractivity contribution in [2.24, 2.45) is 4.99 Å². The predicted molar refractivity (Wildman–Crippen MR) is 109 cm³/mol. The standard InChI is InChI=1S/C19H30N4O3S/c1-19(2)15-23(10-13-27(19,24)25)18(20-3)21-14-16-6-4-5-7-17(16)22-8-11-26-12-9-22/h4-7H,8-15H2,1-3H3,(H,20,21). The van der Waals surface area contributed by atoms with E-state index in [4.69, 9.17) is 4.74 Å². The van der Waals surface area contributed by atoms with Gasteiger partial charge < -0.3 is 19.9 Å². The number of para-hydroxylation sites is 1. The second kappa shape index (κ2) is 8.06. The number of nitrogens with one attached hydrogen (secondary N) is 1. The highest BCUT2D eigenvalue weighted by Gasteiger charge is 2.40. The smallest absolute Gasteiger partial charge is 0.193 e. The highest BCUT2D eigenvalue weighted by Crippen LogP contribution is 2.24. The van der Waals surface area contributed by atoms with E-state index in [0.717, 1.165) is 32.3 Å². The van der Waals surface area contributed by atoms with E-state index >= 15 is 0 Å². The van der Waals surface area contributed by atoms with E-state index in [2.05, 4.69) is 33.4 Å². The lowest BCUT2D eigenvalue weighted by atomic mass is 10.1. The first-order valence-corrected chi connectivity index (χ1v) is 11.1. The summed E-state index contributed by atoms with van der Waals surface area (Å²) in [6.07, 6.45) is 0. The zero-order valence-electron chi connectivity index (χ0n) is 16.4. The van der Waals surface area contributed by atoms with Crippen LogP contribution >= 0.6 is 0 Å². The van der Waals surface area contributed by atoms with Crippen LogP contribution in [-0.4, -0.2) is 76.2 Å². The molecule has 1 N–H and O–H groups in total. The van der Waals surface area contributed by atoms with E-state index in [9.17, 15) is 8.42 Å². The maximum absolute atomic E-state index is 12.3. The fraction of sp³-hybridized carbons (Fsp3) is 0.632. The molecule has 0 radical (unpaired) electrons. The van der Waals surface area contributed by atoms with Crippen LogP contribution < -0.4 is 10.2 Å². The van der Waals surface area contributed by atoms with Crippen LogP contribution in [-0.2, 0) is 21.1 Å². The van der Waals surface area contributed by atoms with Gasteiger partial charge in [0, 0.05) is 45.5 Å². The summed E-state index contributed by atoms with van der Waals surface area (Å²) in [6.45, 7) is 8.42. The van der Waals surface area contributed by atoms with Crippen LogP contribution in [0.4, 0.5) is 5.69 Å². The van der Waals surface area contributed by atoms with Crippen molar-refractivity contribution in [1.29, 1.82) is 0 Å². The number of sulfone groups is 1. The average Bonchev–Trinajstić information content (AvgIpc) is 2.66. The summed E-state index contributed by atoms with van der Waals surface area (Å²) in [5.74, 6) is 0.903. The normalized spacial score (nSPS) is 22.6. The van der Waals surface area contributed by atoms with Crippen LogP contribution in [0.5, 0.6) is 0 Å². The molecule has 0 aromatic heterocycles. The molecule has 1 aromatic carbocycles. The van der Waals surface area contributed by atoms with Crippen LogP contribution in [0.1, 0.15) is 19.4 Å². The quantitative estimate of drug-likeness (QED) is 0.612. The van der Waals surface area contributed by atoms with E-state index in [-0.39, 0.29) is 5.75 Å². The van der Waals surface area contributed by atoms with Gasteiger partial charge in [0.1, 0.15) is 0 Å². The van der Waals surface area contributed by atoms with Crippen molar-refractivity contribution in [2.45, 2.75) is 25.1 Å². The molecule has 0 amide bonds. The zero-order chi connectivity index (χ0) is 19.5. The number of hydrogen-bond donors (Lipinski definition) is 1. The number of ether oxygens (including phenoxy) is 1. The minimum absolute atomic E-state index is 0.158. The molecular formula is C19H30N4O3S. The Kier molecular flexibility index (Phi) is 5.95. The van der Waals surface area contributed by atoms with Crippen molar-refractivity contribution in [1.82, 2.24) is 10.2 Å². The number of anilines is 1. The van der Waals surface area contributed by atoms with Crippen LogP contribution in [0.25, 0.3) is 0 Å².